The maximum Gasteiger partial charge on any atom is 0.271 e. The van der Waals surface area contributed by atoms with Crippen molar-refractivity contribution in [1.29, 1.82) is 0 Å². The summed E-state index contributed by atoms with van der Waals surface area (Å²) in [6.07, 6.45) is 4.97. The Morgan fingerprint density at radius 1 is 1.00 bits per heavy atom. The Morgan fingerprint density at radius 3 is 2.31 bits per heavy atom. The second kappa shape index (κ2) is 10.2. The summed E-state index contributed by atoms with van der Waals surface area (Å²) in [6.45, 7) is 7.19. The Labute approximate surface area is 154 Å². The number of hydrazone groups is 1. The van der Waals surface area contributed by atoms with Crippen LogP contribution < -0.4 is 14.9 Å². The van der Waals surface area contributed by atoms with E-state index in [2.05, 4.69) is 29.4 Å². The SMILES string of the molecule is CCCOc1ccc(/C(C)=N/NC(=O)c2ccncc2)cc1OCCC. The van der Waals surface area contributed by atoms with Crippen LogP contribution in [0.3, 0.4) is 0 Å². The molecular formula is C20H25N3O3. The molecule has 1 heterocycles. The fourth-order valence-corrected chi connectivity index (χ4v) is 2.16. The molecule has 1 N–H and O–H groups in total. The van der Waals surface area contributed by atoms with Gasteiger partial charge in [-0.05, 0) is 50.1 Å². The highest BCUT2D eigenvalue weighted by Crippen LogP contribution is 2.29. The van der Waals surface area contributed by atoms with Gasteiger partial charge < -0.3 is 9.47 Å². The van der Waals surface area contributed by atoms with Gasteiger partial charge in [0.15, 0.2) is 11.5 Å². The van der Waals surface area contributed by atoms with E-state index in [1.807, 2.05) is 25.1 Å². The maximum absolute atomic E-state index is 12.1. The van der Waals surface area contributed by atoms with E-state index in [4.69, 9.17) is 9.47 Å². The first-order valence-corrected chi connectivity index (χ1v) is 8.80. The van der Waals surface area contributed by atoms with Crippen molar-refractivity contribution in [3.8, 4) is 11.5 Å². The van der Waals surface area contributed by atoms with E-state index >= 15 is 0 Å². The van der Waals surface area contributed by atoms with Gasteiger partial charge in [0.25, 0.3) is 5.91 Å². The number of hydrogen-bond acceptors (Lipinski definition) is 5. The van der Waals surface area contributed by atoms with Crippen LogP contribution in [0.2, 0.25) is 0 Å². The van der Waals surface area contributed by atoms with Crippen molar-refractivity contribution in [3.05, 3.63) is 53.9 Å². The summed E-state index contributed by atoms with van der Waals surface area (Å²) < 4.78 is 11.5. The van der Waals surface area contributed by atoms with E-state index in [0.717, 1.165) is 24.2 Å². The average Bonchev–Trinajstić information content (AvgIpc) is 2.69. The number of aromatic nitrogens is 1. The molecule has 0 saturated carbocycles. The Morgan fingerprint density at radius 2 is 1.65 bits per heavy atom. The van der Waals surface area contributed by atoms with Crippen LogP contribution in [0, 0.1) is 0 Å². The monoisotopic (exact) mass is 355 g/mol. The average molecular weight is 355 g/mol. The molecule has 0 atom stereocenters. The molecule has 1 amide bonds. The van der Waals surface area contributed by atoms with Gasteiger partial charge in [-0.3, -0.25) is 9.78 Å². The number of nitrogens with one attached hydrogen (secondary N) is 1. The van der Waals surface area contributed by atoms with E-state index in [1.54, 1.807) is 24.5 Å². The van der Waals surface area contributed by atoms with Gasteiger partial charge in [-0.1, -0.05) is 13.8 Å². The second-order valence-corrected chi connectivity index (χ2v) is 5.73. The fourth-order valence-electron chi connectivity index (χ4n) is 2.16. The first-order valence-electron chi connectivity index (χ1n) is 8.80. The molecule has 0 unspecified atom stereocenters. The van der Waals surface area contributed by atoms with Gasteiger partial charge in [-0.25, -0.2) is 5.43 Å². The van der Waals surface area contributed by atoms with E-state index in [0.29, 0.717) is 30.2 Å². The Balaban J connectivity index is 2.13. The van der Waals surface area contributed by atoms with Crippen LogP contribution in [0.4, 0.5) is 0 Å². The predicted octanol–water partition coefficient (Wildman–Crippen LogP) is 3.81. The zero-order valence-corrected chi connectivity index (χ0v) is 15.5. The van der Waals surface area contributed by atoms with Gasteiger partial charge in [-0.15, -0.1) is 0 Å². The molecule has 6 heteroatoms. The zero-order chi connectivity index (χ0) is 18.8. The van der Waals surface area contributed by atoms with Crippen LogP contribution in [-0.4, -0.2) is 29.8 Å². The lowest BCUT2D eigenvalue weighted by Crippen LogP contribution is -2.19. The summed E-state index contributed by atoms with van der Waals surface area (Å²) in [4.78, 5) is 16.0. The van der Waals surface area contributed by atoms with Crippen LogP contribution in [0.1, 0.15) is 49.5 Å². The second-order valence-electron chi connectivity index (χ2n) is 5.73. The van der Waals surface area contributed by atoms with E-state index in [1.165, 1.54) is 0 Å². The van der Waals surface area contributed by atoms with Gasteiger partial charge in [0, 0.05) is 23.5 Å². The lowest BCUT2D eigenvalue weighted by Gasteiger charge is -2.13. The predicted molar refractivity (Wildman–Crippen MR) is 102 cm³/mol. The summed E-state index contributed by atoms with van der Waals surface area (Å²) in [5.74, 6) is 1.13. The minimum Gasteiger partial charge on any atom is -0.490 e. The standard InChI is InChI=1S/C20H25N3O3/c1-4-12-25-18-7-6-17(14-19(18)26-13-5-2)15(3)22-23-20(24)16-8-10-21-11-9-16/h6-11,14H,4-5,12-13H2,1-3H3,(H,23,24)/b22-15+. The number of rotatable bonds is 9. The summed E-state index contributed by atoms with van der Waals surface area (Å²) >= 11 is 0. The topological polar surface area (TPSA) is 72.8 Å². The Hall–Kier alpha value is -2.89. The van der Waals surface area contributed by atoms with Crippen molar-refractivity contribution < 1.29 is 14.3 Å². The number of nitrogens with zero attached hydrogens (tertiary/aromatic N) is 2. The number of carbonyl (C=O) groups excluding carboxylic acids is 1. The molecule has 6 nitrogen and oxygen atoms in total. The summed E-state index contributed by atoms with van der Waals surface area (Å²) in [7, 11) is 0. The minimum atomic E-state index is -0.280. The van der Waals surface area contributed by atoms with Gasteiger partial charge in [-0.2, -0.15) is 5.10 Å². The molecular weight excluding hydrogens is 330 g/mol. The van der Waals surface area contributed by atoms with Crippen LogP contribution in [0.25, 0.3) is 0 Å². The molecule has 1 aromatic heterocycles. The van der Waals surface area contributed by atoms with Crippen LogP contribution in [0.15, 0.2) is 47.8 Å². The van der Waals surface area contributed by atoms with Crippen LogP contribution in [-0.2, 0) is 0 Å². The molecule has 0 saturated heterocycles. The molecule has 0 bridgehead atoms. The molecule has 0 aliphatic carbocycles. The largest absolute Gasteiger partial charge is 0.490 e. The molecule has 138 valence electrons. The summed E-state index contributed by atoms with van der Waals surface area (Å²) in [5.41, 5.74) is 4.60. The van der Waals surface area contributed by atoms with E-state index in [-0.39, 0.29) is 5.91 Å². The van der Waals surface area contributed by atoms with Crippen molar-refractivity contribution in [2.45, 2.75) is 33.6 Å². The van der Waals surface area contributed by atoms with Gasteiger partial charge in [0.2, 0.25) is 0 Å². The lowest BCUT2D eigenvalue weighted by molar-refractivity contribution is 0.0954. The first-order chi connectivity index (χ1) is 12.7. The van der Waals surface area contributed by atoms with Gasteiger partial charge >= 0.3 is 0 Å². The highest BCUT2D eigenvalue weighted by atomic mass is 16.5. The van der Waals surface area contributed by atoms with Gasteiger partial charge in [0.1, 0.15) is 0 Å². The normalized spacial score (nSPS) is 11.1. The number of benzene rings is 1. The number of pyridine rings is 1. The number of carbonyl (C=O) groups is 1. The smallest absolute Gasteiger partial charge is 0.271 e. The molecule has 0 radical (unpaired) electrons. The number of ether oxygens (including phenoxy) is 2. The summed E-state index contributed by atoms with van der Waals surface area (Å²) in [5, 5.41) is 4.18. The molecule has 0 aliphatic rings. The van der Waals surface area contributed by atoms with Gasteiger partial charge in [0.05, 0.1) is 18.9 Å². The lowest BCUT2D eigenvalue weighted by atomic mass is 10.1. The van der Waals surface area contributed by atoms with Crippen molar-refractivity contribution in [3.63, 3.8) is 0 Å². The molecule has 0 fully saturated rings. The molecule has 0 spiro atoms. The van der Waals surface area contributed by atoms with E-state index in [9.17, 15) is 4.79 Å². The number of amides is 1. The first kappa shape index (κ1) is 19.4. The minimum absolute atomic E-state index is 0.280. The Kier molecular flexibility index (Phi) is 7.61. The van der Waals surface area contributed by atoms with Crippen LogP contribution in [0.5, 0.6) is 11.5 Å². The van der Waals surface area contributed by atoms with Crippen molar-refractivity contribution in [2.75, 3.05) is 13.2 Å². The Bertz CT molecular complexity index is 745. The molecule has 1 aromatic carbocycles. The summed E-state index contributed by atoms with van der Waals surface area (Å²) in [6, 6.07) is 8.94. The molecule has 2 rings (SSSR count). The number of hydrogen-bond donors (Lipinski definition) is 1. The third-order valence-electron chi connectivity index (χ3n) is 3.55. The van der Waals surface area contributed by atoms with Crippen molar-refractivity contribution in [2.24, 2.45) is 5.10 Å². The highest BCUT2D eigenvalue weighted by Gasteiger charge is 2.09. The molecule has 2 aromatic rings. The van der Waals surface area contributed by atoms with E-state index < -0.39 is 0 Å². The van der Waals surface area contributed by atoms with Crippen molar-refractivity contribution >= 4 is 11.6 Å². The third kappa shape index (κ3) is 5.58. The quantitative estimate of drug-likeness (QED) is 0.548. The fraction of sp³-hybridized carbons (Fsp3) is 0.350. The maximum atomic E-state index is 12.1. The van der Waals surface area contributed by atoms with Crippen molar-refractivity contribution in [1.82, 2.24) is 10.4 Å². The third-order valence-corrected chi connectivity index (χ3v) is 3.55. The van der Waals surface area contributed by atoms with Crippen LogP contribution >= 0.6 is 0 Å². The highest BCUT2D eigenvalue weighted by molar-refractivity contribution is 6.01. The molecule has 26 heavy (non-hydrogen) atoms. The zero-order valence-electron chi connectivity index (χ0n) is 15.5. The molecule has 0 aliphatic heterocycles.